The summed E-state index contributed by atoms with van der Waals surface area (Å²) >= 11 is 0. The van der Waals surface area contributed by atoms with E-state index in [2.05, 4.69) is 33.0 Å². The van der Waals surface area contributed by atoms with E-state index in [0.29, 0.717) is 6.04 Å². The molecular weight excluding hydrogens is 134 g/mol. The predicted molar refractivity (Wildman–Crippen MR) is 56.1 cm³/mol. The number of hydrogen-bond acceptors (Lipinski definition) is 1. The van der Waals surface area contributed by atoms with Crippen LogP contribution in [0.1, 0.15) is 49.4 Å². The zero-order chi connectivity index (χ0) is 9.28. The molecule has 0 saturated heterocycles. The van der Waals surface area contributed by atoms with Crippen molar-refractivity contribution in [1.29, 1.82) is 0 Å². The van der Waals surface area contributed by atoms with E-state index < -0.39 is 0 Å². The molecule has 0 spiro atoms. The molecule has 0 aliphatic heterocycles. The fraction of sp³-hybridized carbons (Fsp3) is 1.00. The lowest BCUT2D eigenvalue weighted by Gasteiger charge is -2.12. The van der Waals surface area contributed by atoms with E-state index in [0.717, 1.165) is 12.5 Å². The minimum atomic E-state index is 0. The molecule has 0 aliphatic carbocycles. The van der Waals surface area contributed by atoms with Crippen molar-refractivity contribution >= 4 is 0 Å². The fourth-order valence-corrected chi connectivity index (χ4v) is 0.581. The number of hydrogen-bond donors (Lipinski definition) is 1. The predicted octanol–water partition coefficient (Wildman–Crippen LogP) is 3.30. The summed E-state index contributed by atoms with van der Waals surface area (Å²) in [6.07, 6.45) is 1.23. The molecule has 1 heteroatoms. The zero-order valence-electron chi connectivity index (χ0n) is 9.07. The highest BCUT2D eigenvalue weighted by Crippen LogP contribution is 1.91. The Morgan fingerprint density at radius 3 is 1.91 bits per heavy atom. The lowest BCUT2D eigenvalue weighted by atomic mass is 10.2. The van der Waals surface area contributed by atoms with Crippen LogP contribution in [-0.4, -0.2) is 12.6 Å². The maximum Gasteiger partial charge on any atom is 0.00362 e. The van der Waals surface area contributed by atoms with E-state index >= 15 is 0 Å². The van der Waals surface area contributed by atoms with E-state index in [1.165, 1.54) is 6.42 Å². The van der Waals surface area contributed by atoms with Crippen LogP contribution in [0.4, 0.5) is 0 Å². The molecule has 1 atom stereocenters. The van der Waals surface area contributed by atoms with E-state index in [9.17, 15) is 0 Å². The second-order valence-electron chi connectivity index (χ2n) is 3.11. The molecule has 1 N–H and O–H groups in total. The van der Waals surface area contributed by atoms with Gasteiger partial charge in [0, 0.05) is 7.47 Å². The molecular formula is C10H27N. The first-order chi connectivity index (χ1) is 5.16. The Labute approximate surface area is 74.1 Å². The third kappa shape index (κ3) is 13.0. The highest BCUT2D eigenvalue weighted by molar-refractivity contribution is 4.58. The zero-order valence-corrected chi connectivity index (χ0v) is 9.07. The van der Waals surface area contributed by atoms with Gasteiger partial charge in [0.05, 0.1) is 0 Å². The van der Waals surface area contributed by atoms with Gasteiger partial charge in [0.15, 0.2) is 0 Å². The highest BCUT2D eigenvalue weighted by atomic mass is 14.9. The third-order valence-corrected chi connectivity index (χ3v) is 1.49. The Morgan fingerprint density at radius 1 is 1.18 bits per heavy atom. The summed E-state index contributed by atoms with van der Waals surface area (Å²) in [6, 6.07) is 0.687. The van der Waals surface area contributed by atoms with Gasteiger partial charge in [0.1, 0.15) is 0 Å². The Hall–Kier alpha value is -0.0400. The van der Waals surface area contributed by atoms with Crippen LogP contribution >= 0.6 is 0 Å². The van der Waals surface area contributed by atoms with Crippen molar-refractivity contribution in [3.05, 3.63) is 0 Å². The van der Waals surface area contributed by atoms with Crippen LogP contribution in [0.5, 0.6) is 0 Å². The summed E-state index contributed by atoms with van der Waals surface area (Å²) in [6.45, 7) is 14.0. The molecule has 1 nitrogen and oxygen atoms in total. The lowest BCUT2D eigenvalue weighted by molar-refractivity contribution is 0.475. The van der Waals surface area contributed by atoms with E-state index in [-0.39, 0.29) is 1.43 Å². The van der Waals surface area contributed by atoms with E-state index in [4.69, 9.17) is 0 Å². The molecule has 1 unspecified atom stereocenters. The molecule has 0 aromatic rings. The van der Waals surface area contributed by atoms with Crippen molar-refractivity contribution in [2.75, 3.05) is 6.54 Å². The van der Waals surface area contributed by atoms with Gasteiger partial charge in [0.25, 0.3) is 0 Å². The summed E-state index contributed by atoms with van der Waals surface area (Å²) in [4.78, 5) is 0. The third-order valence-electron chi connectivity index (χ3n) is 1.49. The second-order valence-corrected chi connectivity index (χ2v) is 3.11. The van der Waals surface area contributed by atoms with Gasteiger partial charge in [-0.1, -0.05) is 34.6 Å². The minimum absolute atomic E-state index is 0. The minimum Gasteiger partial charge on any atom is -0.314 e. The molecule has 0 rings (SSSR count). The van der Waals surface area contributed by atoms with Gasteiger partial charge >= 0.3 is 0 Å². The summed E-state index contributed by atoms with van der Waals surface area (Å²) in [5, 5.41) is 3.43. The largest absolute Gasteiger partial charge is 0.314 e. The Balaban J connectivity index is -0.000000249. The van der Waals surface area contributed by atoms with Gasteiger partial charge in [0.2, 0.25) is 0 Å². The molecule has 0 aromatic heterocycles. The van der Waals surface area contributed by atoms with Gasteiger partial charge in [-0.25, -0.2) is 0 Å². The summed E-state index contributed by atoms with van der Waals surface area (Å²) in [7, 11) is 0. The molecule has 0 saturated carbocycles. The quantitative estimate of drug-likeness (QED) is 0.667. The lowest BCUT2D eigenvalue weighted by Crippen LogP contribution is -2.28. The average Bonchev–Trinajstić information content (AvgIpc) is 2.04. The molecule has 0 fully saturated rings. The summed E-state index contributed by atoms with van der Waals surface area (Å²) < 4.78 is 0. The summed E-state index contributed by atoms with van der Waals surface area (Å²) in [5.74, 6) is 0.777. The monoisotopic (exact) mass is 161 g/mol. The molecule has 0 aliphatic rings. The van der Waals surface area contributed by atoms with Crippen LogP contribution in [0.2, 0.25) is 0 Å². The number of rotatable bonds is 4. The molecule has 0 amide bonds. The average molecular weight is 161 g/mol. The van der Waals surface area contributed by atoms with Crippen LogP contribution in [-0.2, 0) is 0 Å². The van der Waals surface area contributed by atoms with Gasteiger partial charge in [-0.15, -0.1) is 0 Å². The maximum atomic E-state index is 3.43. The van der Waals surface area contributed by atoms with Crippen LogP contribution in [0.25, 0.3) is 0 Å². The van der Waals surface area contributed by atoms with Crippen molar-refractivity contribution in [2.45, 2.75) is 54.0 Å². The van der Waals surface area contributed by atoms with Crippen molar-refractivity contribution in [1.82, 2.24) is 5.32 Å². The Bertz CT molecular complexity index is 64.9. The topological polar surface area (TPSA) is 12.0 Å². The maximum absolute atomic E-state index is 3.43. The van der Waals surface area contributed by atoms with Gasteiger partial charge in [-0.2, -0.15) is 0 Å². The van der Waals surface area contributed by atoms with Crippen molar-refractivity contribution < 1.29 is 1.43 Å². The first-order valence-electron chi connectivity index (χ1n) is 4.90. The standard InChI is InChI=1S/C8H19N.C2H6.H2/c1-5-8(4)9-6-7(2)3;1-2;/h7-9H,5-6H2,1-4H3;1-2H3;1H. The van der Waals surface area contributed by atoms with Crippen LogP contribution in [0, 0.1) is 5.92 Å². The van der Waals surface area contributed by atoms with E-state index in [1.54, 1.807) is 0 Å². The SMILES string of the molecule is CC.CCC(C)NCC(C)C.[HH]. The van der Waals surface area contributed by atoms with Gasteiger partial charge in [-0.05, 0) is 25.8 Å². The first-order valence-corrected chi connectivity index (χ1v) is 4.90. The van der Waals surface area contributed by atoms with Crippen LogP contribution in [0.15, 0.2) is 0 Å². The normalized spacial score (nSPS) is 12.3. The number of nitrogens with one attached hydrogen (secondary N) is 1. The molecule has 72 valence electrons. The molecule has 0 bridgehead atoms. The molecule has 0 aromatic carbocycles. The smallest absolute Gasteiger partial charge is 0.00362 e. The first kappa shape index (κ1) is 13.5. The highest BCUT2D eigenvalue weighted by Gasteiger charge is 1.97. The van der Waals surface area contributed by atoms with Crippen molar-refractivity contribution in [2.24, 2.45) is 5.92 Å². The Kier molecular flexibility index (Phi) is 12.3. The second kappa shape index (κ2) is 9.96. The van der Waals surface area contributed by atoms with Crippen LogP contribution < -0.4 is 5.32 Å². The Morgan fingerprint density at radius 2 is 1.64 bits per heavy atom. The van der Waals surface area contributed by atoms with Crippen LogP contribution in [0.3, 0.4) is 0 Å². The fourth-order valence-electron chi connectivity index (χ4n) is 0.581. The van der Waals surface area contributed by atoms with Gasteiger partial charge in [-0.3, -0.25) is 0 Å². The van der Waals surface area contributed by atoms with Crippen molar-refractivity contribution in [3.8, 4) is 0 Å². The van der Waals surface area contributed by atoms with E-state index in [1.807, 2.05) is 13.8 Å². The van der Waals surface area contributed by atoms with Crippen molar-refractivity contribution in [3.63, 3.8) is 0 Å². The van der Waals surface area contributed by atoms with Gasteiger partial charge < -0.3 is 5.32 Å². The molecule has 11 heavy (non-hydrogen) atoms. The molecule has 0 heterocycles. The molecule has 0 radical (unpaired) electrons. The summed E-state index contributed by atoms with van der Waals surface area (Å²) in [5.41, 5.74) is 0.